The first kappa shape index (κ1) is 24.8. The van der Waals surface area contributed by atoms with Crippen molar-refractivity contribution in [3.63, 3.8) is 0 Å². The molecule has 2 aromatic rings. The van der Waals surface area contributed by atoms with Gasteiger partial charge in [0.1, 0.15) is 17.2 Å². The maximum atomic E-state index is 13.0. The fraction of sp³-hybridized carbons (Fsp3) is 0.345. The number of hydrogen-bond donors (Lipinski definition) is 1. The predicted octanol–water partition coefficient (Wildman–Crippen LogP) is 3.83. The lowest BCUT2D eigenvalue weighted by molar-refractivity contribution is -0.144. The molecule has 0 radical (unpaired) electrons. The summed E-state index contributed by atoms with van der Waals surface area (Å²) >= 11 is 0. The molecule has 2 aliphatic heterocycles. The minimum absolute atomic E-state index is 0.105. The van der Waals surface area contributed by atoms with Gasteiger partial charge < -0.3 is 28.8 Å². The Morgan fingerprint density at radius 3 is 2.28 bits per heavy atom. The number of carboxylic acid groups (broad SMARTS) is 1. The van der Waals surface area contributed by atoms with E-state index in [9.17, 15) is 14.7 Å². The lowest BCUT2D eigenvalue weighted by Gasteiger charge is -2.44. The van der Waals surface area contributed by atoms with Crippen LogP contribution in [0.15, 0.2) is 65.2 Å². The monoisotopic (exact) mass is 532 g/mol. The molecule has 1 N–H and O–H groups in total. The Balaban J connectivity index is 1.50. The summed E-state index contributed by atoms with van der Waals surface area (Å²) < 4.78 is 27.7. The molecule has 0 bridgehead atoms. The maximum Gasteiger partial charge on any atom is 0.307 e. The first-order valence-corrected chi connectivity index (χ1v) is 12.6. The number of ether oxygens (including phenoxy) is 5. The molecular weight excluding hydrogens is 504 g/mol. The average molecular weight is 533 g/mol. The van der Waals surface area contributed by atoms with E-state index in [-0.39, 0.29) is 30.1 Å². The number of rotatable bonds is 7. The van der Waals surface area contributed by atoms with Crippen molar-refractivity contribution >= 4 is 23.7 Å². The molecule has 39 heavy (non-hydrogen) atoms. The van der Waals surface area contributed by atoms with E-state index < -0.39 is 17.8 Å². The van der Waals surface area contributed by atoms with Gasteiger partial charge in [0.25, 0.3) is 0 Å². The summed E-state index contributed by atoms with van der Waals surface area (Å²) in [5, 5.41) is 17.5. The minimum atomic E-state index is -0.929. The number of allylic oxidation sites excluding steroid dienone is 2. The Morgan fingerprint density at radius 1 is 1.03 bits per heavy atom. The molecule has 1 saturated carbocycles. The van der Waals surface area contributed by atoms with Gasteiger partial charge in [0.2, 0.25) is 6.79 Å². The van der Waals surface area contributed by atoms with Crippen LogP contribution in [0.3, 0.4) is 0 Å². The van der Waals surface area contributed by atoms with Crippen molar-refractivity contribution in [3.8, 4) is 17.2 Å². The van der Waals surface area contributed by atoms with E-state index in [4.69, 9.17) is 28.8 Å². The SMILES string of the molecule is COc1ccc(N2C[C@@H]3C(=N2)C2C=C4OCOC4=CC2[C@@H](c2cc(OC)c(C=O)c(OC)c2)[C@H]3C(=O)O)cc1. The van der Waals surface area contributed by atoms with E-state index in [1.54, 1.807) is 19.2 Å². The van der Waals surface area contributed by atoms with Crippen LogP contribution in [-0.2, 0) is 14.3 Å². The molecule has 0 aromatic heterocycles. The lowest BCUT2D eigenvalue weighted by Crippen LogP contribution is -2.48. The highest BCUT2D eigenvalue weighted by Gasteiger charge is 2.55. The highest BCUT2D eigenvalue weighted by molar-refractivity contribution is 5.99. The molecule has 2 fully saturated rings. The Kier molecular flexibility index (Phi) is 6.17. The molecule has 6 rings (SSSR count). The van der Waals surface area contributed by atoms with Crippen LogP contribution >= 0.6 is 0 Å². The van der Waals surface area contributed by atoms with Crippen molar-refractivity contribution in [2.24, 2.45) is 28.8 Å². The highest BCUT2D eigenvalue weighted by atomic mass is 16.7. The third-order valence-corrected chi connectivity index (χ3v) is 8.05. The van der Waals surface area contributed by atoms with Crippen LogP contribution in [0.5, 0.6) is 17.2 Å². The molecule has 4 aliphatic rings. The van der Waals surface area contributed by atoms with Gasteiger partial charge in [0.15, 0.2) is 17.8 Å². The quantitative estimate of drug-likeness (QED) is 0.531. The summed E-state index contributed by atoms with van der Waals surface area (Å²) in [5.41, 5.74) is 2.61. The molecule has 10 heteroatoms. The number of carbonyl (C=O) groups excluding carboxylic acids is 1. The molecule has 2 unspecified atom stereocenters. The Hall–Kier alpha value is -4.47. The number of benzene rings is 2. The molecule has 2 heterocycles. The zero-order valence-corrected chi connectivity index (χ0v) is 21.7. The van der Waals surface area contributed by atoms with Crippen molar-refractivity contribution in [2.45, 2.75) is 5.92 Å². The summed E-state index contributed by atoms with van der Waals surface area (Å²) in [7, 11) is 4.55. The zero-order valence-electron chi connectivity index (χ0n) is 21.7. The zero-order chi connectivity index (χ0) is 27.3. The lowest BCUT2D eigenvalue weighted by atomic mass is 9.58. The van der Waals surface area contributed by atoms with Crippen LogP contribution in [0.2, 0.25) is 0 Å². The number of hydrazone groups is 1. The van der Waals surface area contributed by atoms with E-state index >= 15 is 0 Å². The average Bonchev–Trinajstić information content (AvgIpc) is 3.61. The van der Waals surface area contributed by atoms with Crippen molar-refractivity contribution in [3.05, 3.63) is 71.2 Å². The van der Waals surface area contributed by atoms with Crippen LogP contribution in [0.25, 0.3) is 0 Å². The van der Waals surface area contributed by atoms with Gasteiger partial charge in [-0.25, -0.2) is 0 Å². The number of carbonyl (C=O) groups is 2. The second-order valence-corrected chi connectivity index (χ2v) is 9.83. The number of methoxy groups -OCH3 is 3. The van der Waals surface area contributed by atoms with E-state index in [0.717, 1.165) is 17.1 Å². The molecule has 2 aliphatic carbocycles. The van der Waals surface area contributed by atoms with Crippen LogP contribution in [0.4, 0.5) is 5.69 Å². The van der Waals surface area contributed by atoms with Crippen LogP contribution in [-0.4, -0.2) is 57.7 Å². The molecule has 1 saturated heterocycles. The number of aldehydes is 1. The molecule has 202 valence electrons. The smallest absolute Gasteiger partial charge is 0.307 e. The fourth-order valence-electron chi connectivity index (χ4n) is 6.30. The summed E-state index contributed by atoms with van der Waals surface area (Å²) in [6.45, 7) is 0.504. The Morgan fingerprint density at radius 2 is 1.69 bits per heavy atom. The number of nitrogens with zero attached hydrogens (tertiary/aromatic N) is 2. The van der Waals surface area contributed by atoms with Gasteiger partial charge in [-0.15, -0.1) is 0 Å². The molecule has 2 aromatic carbocycles. The summed E-state index contributed by atoms with van der Waals surface area (Å²) in [5.74, 6) is -0.537. The summed E-state index contributed by atoms with van der Waals surface area (Å²) in [4.78, 5) is 24.8. The maximum absolute atomic E-state index is 13.0. The minimum Gasteiger partial charge on any atom is -0.497 e. The number of fused-ring (bicyclic) bond motifs is 4. The van der Waals surface area contributed by atoms with Gasteiger partial charge in [-0.1, -0.05) is 0 Å². The van der Waals surface area contributed by atoms with E-state index in [1.807, 2.05) is 41.4 Å². The second kappa shape index (κ2) is 9.68. The first-order chi connectivity index (χ1) is 19.0. The highest BCUT2D eigenvalue weighted by Crippen LogP contribution is 2.54. The van der Waals surface area contributed by atoms with E-state index in [0.29, 0.717) is 41.4 Å². The summed E-state index contributed by atoms with van der Waals surface area (Å²) in [6, 6.07) is 11.0. The first-order valence-electron chi connectivity index (χ1n) is 12.6. The number of aliphatic carboxylic acids is 1. The Bertz CT molecular complexity index is 1390. The molecule has 10 nitrogen and oxygen atoms in total. The van der Waals surface area contributed by atoms with Crippen molar-refractivity contribution in [1.29, 1.82) is 0 Å². The number of anilines is 1. The van der Waals surface area contributed by atoms with Gasteiger partial charge in [0, 0.05) is 23.7 Å². The topological polar surface area (TPSA) is 116 Å². The molecule has 0 amide bonds. The van der Waals surface area contributed by atoms with Crippen molar-refractivity contribution < 1.29 is 38.4 Å². The normalized spacial score (nSPS) is 26.5. The second-order valence-electron chi connectivity index (χ2n) is 9.83. The molecule has 5 atom stereocenters. The van der Waals surface area contributed by atoms with E-state index in [2.05, 4.69) is 0 Å². The van der Waals surface area contributed by atoms with Gasteiger partial charge >= 0.3 is 5.97 Å². The van der Waals surface area contributed by atoms with Crippen molar-refractivity contribution in [1.82, 2.24) is 0 Å². The summed E-state index contributed by atoms with van der Waals surface area (Å²) in [6.07, 6.45) is 4.63. The molecular formula is C29H28N2O8. The predicted molar refractivity (Wildman–Crippen MR) is 140 cm³/mol. The van der Waals surface area contributed by atoms with E-state index in [1.165, 1.54) is 14.2 Å². The van der Waals surface area contributed by atoms with Crippen LogP contribution in [0, 0.1) is 23.7 Å². The largest absolute Gasteiger partial charge is 0.497 e. The fourth-order valence-corrected chi connectivity index (χ4v) is 6.30. The third kappa shape index (κ3) is 3.98. The standard InChI is InChI=1S/C29H28N2O8/c1-35-17-6-4-16(5-7-17)31-12-20-27(29(33)34)26(15-8-22(36-2)21(13-32)23(9-15)37-3)18-10-24-25(39-14-38-24)11-19(18)28(20)30-31/h4-11,13,18-20,26-27H,12,14H2,1-3H3,(H,33,34)/t18?,19?,20-,26+,27-/m0/s1. The Labute approximate surface area is 225 Å². The van der Waals surface area contributed by atoms with Crippen molar-refractivity contribution in [2.75, 3.05) is 39.7 Å². The molecule has 0 spiro atoms. The van der Waals surface area contributed by atoms with Gasteiger partial charge in [-0.05, 0) is 54.1 Å². The van der Waals surface area contributed by atoms with Gasteiger partial charge in [-0.2, -0.15) is 5.10 Å². The number of hydrogen-bond acceptors (Lipinski definition) is 9. The van der Waals surface area contributed by atoms with Gasteiger partial charge in [-0.3, -0.25) is 14.6 Å². The van der Waals surface area contributed by atoms with Crippen LogP contribution in [0.1, 0.15) is 21.8 Å². The van der Waals surface area contributed by atoms with Gasteiger partial charge in [0.05, 0.1) is 50.8 Å². The number of carboxylic acids is 1. The third-order valence-electron chi connectivity index (χ3n) is 8.05. The van der Waals surface area contributed by atoms with Crippen LogP contribution < -0.4 is 19.2 Å².